The number of aliphatic hydroxyl groups excluding tert-OH is 2. The summed E-state index contributed by atoms with van der Waals surface area (Å²) in [6.07, 6.45) is 1.86. The van der Waals surface area contributed by atoms with Gasteiger partial charge in [-0.1, -0.05) is 51.3 Å². The molecule has 0 bridgehead atoms. The van der Waals surface area contributed by atoms with E-state index in [1.165, 1.54) is 4.90 Å². The third-order valence-electron chi connectivity index (χ3n) is 13.8. The summed E-state index contributed by atoms with van der Waals surface area (Å²) in [7, 11) is 0. The van der Waals surface area contributed by atoms with E-state index in [9.17, 15) is 29.9 Å². The number of nitrogens with zero attached hydrogens (tertiary/aromatic N) is 5. The second kappa shape index (κ2) is 15.2. The topological polar surface area (TPSA) is 171 Å². The van der Waals surface area contributed by atoms with Crippen LogP contribution >= 0.6 is 11.6 Å². The zero-order chi connectivity index (χ0) is 42.2. The fourth-order valence-corrected chi connectivity index (χ4v) is 11.4. The van der Waals surface area contributed by atoms with Gasteiger partial charge >= 0.3 is 0 Å². The molecule has 9 rings (SSSR count). The summed E-state index contributed by atoms with van der Waals surface area (Å²) in [5, 5.41) is 38.0. The maximum atomic E-state index is 13.8. The van der Waals surface area contributed by atoms with Crippen LogP contribution in [0.15, 0.2) is 48.5 Å². The molecule has 6 aliphatic rings. The zero-order valence-corrected chi connectivity index (χ0v) is 35.0. The van der Waals surface area contributed by atoms with Crippen molar-refractivity contribution in [2.24, 2.45) is 16.7 Å². The van der Waals surface area contributed by atoms with Crippen LogP contribution in [0.4, 0.5) is 5.69 Å². The summed E-state index contributed by atoms with van der Waals surface area (Å²) in [6, 6.07) is 16.5. The summed E-state index contributed by atoms with van der Waals surface area (Å²) < 4.78 is 6.46. The Bertz CT molecular complexity index is 2360. The summed E-state index contributed by atoms with van der Waals surface area (Å²) in [6.45, 7) is 10.6. The van der Waals surface area contributed by atoms with Crippen molar-refractivity contribution < 1.29 is 29.3 Å². The predicted molar refractivity (Wildman–Crippen MR) is 222 cm³/mol. The number of carbonyl (C=O) groups excluding carboxylic acids is 3. The maximum absolute atomic E-state index is 13.8. The highest BCUT2D eigenvalue weighted by Crippen LogP contribution is 2.59. The molecule has 3 unspecified atom stereocenters. The van der Waals surface area contributed by atoms with Crippen LogP contribution < -0.4 is 20.3 Å². The van der Waals surface area contributed by atoms with Crippen LogP contribution in [0.25, 0.3) is 0 Å². The van der Waals surface area contributed by atoms with Gasteiger partial charge < -0.3 is 30.1 Å². The van der Waals surface area contributed by atoms with Crippen LogP contribution in [0, 0.1) is 39.9 Å². The number of nitriles is 1. The largest absolute Gasteiger partial charge is 0.489 e. The van der Waals surface area contributed by atoms with Crippen LogP contribution in [0.2, 0.25) is 5.02 Å². The van der Waals surface area contributed by atoms with Gasteiger partial charge in [-0.25, -0.2) is 9.88 Å². The molecule has 0 radical (unpaired) electrons. The highest BCUT2D eigenvalue weighted by atomic mass is 35.5. The first-order valence-electron chi connectivity index (χ1n) is 20.9. The fourth-order valence-electron chi connectivity index (χ4n) is 11.2. The van der Waals surface area contributed by atoms with Gasteiger partial charge in [-0.15, -0.1) is 0 Å². The van der Waals surface area contributed by atoms with E-state index in [1.54, 1.807) is 18.2 Å². The Morgan fingerprint density at radius 3 is 2.37 bits per heavy atom. The summed E-state index contributed by atoms with van der Waals surface area (Å²) >= 11 is 6.29. The number of imide groups is 1. The highest BCUT2D eigenvalue weighted by molar-refractivity contribution is 6.31. The molecular weight excluding hydrogens is 782 g/mol. The van der Waals surface area contributed by atoms with E-state index in [-0.39, 0.29) is 53.5 Å². The number of ether oxygens (including phenoxy) is 1. The average molecular weight is 832 g/mol. The minimum atomic E-state index is -1.14. The third-order valence-corrected chi connectivity index (χ3v) is 14.1. The van der Waals surface area contributed by atoms with Crippen LogP contribution in [0.5, 0.6) is 5.75 Å². The van der Waals surface area contributed by atoms with Crippen molar-refractivity contribution in [2.45, 2.75) is 115 Å². The van der Waals surface area contributed by atoms with E-state index < -0.39 is 24.4 Å². The monoisotopic (exact) mass is 831 g/mol. The van der Waals surface area contributed by atoms with E-state index in [1.807, 2.05) is 35.2 Å². The van der Waals surface area contributed by atoms with Gasteiger partial charge in [0.05, 0.1) is 34.4 Å². The molecule has 60 heavy (non-hydrogen) atoms. The first kappa shape index (κ1) is 40.4. The summed E-state index contributed by atoms with van der Waals surface area (Å²) in [4.78, 5) is 48.4. The highest BCUT2D eigenvalue weighted by Gasteiger charge is 2.67. The molecule has 5 heterocycles. The molecule has 13 nitrogen and oxygen atoms in total. The van der Waals surface area contributed by atoms with Gasteiger partial charge in [0, 0.05) is 77.3 Å². The number of hydrogen-bond acceptors (Lipinski definition) is 11. The van der Waals surface area contributed by atoms with Crippen molar-refractivity contribution >= 4 is 35.0 Å². The molecule has 4 fully saturated rings. The van der Waals surface area contributed by atoms with E-state index in [0.717, 1.165) is 50.2 Å². The van der Waals surface area contributed by atoms with Crippen LogP contribution in [-0.4, -0.2) is 86.1 Å². The van der Waals surface area contributed by atoms with E-state index in [4.69, 9.17) is 21.3 Å². The molecule has 3 atom stereocenters. The number of hydrogen-bond donors (Lipinski definition) is 4. The fraction of sp³-hybridized carbons (Fsp3) is 0.500. The quantitative estimate of drug-likeness (QED) is 0.188. The lowest BCUT2D eigenvalue weighted by atomic mass is 9.49. The number of benzene rings is 2. The number of halogens is 1. The molecule has 3 amide bonds. The normalized spacial score (nSPS) is 29.4. The summed E-state index contributed by atoms with van der Waals surface area (Å²) in [5.74, 6) is 6.75. The molecule has 3 aromatic rings. The van der Waals surface area contributed by atoms with Crippen LogP contribution in [-0.2, 0) is 16.1 Å². The smallest absolute Gasteiger partial charge is 0.256 e. The average Bonchev–Trinajstić information content (AvgIpc) is 3.64. The Kier molecular flexibility index (Phi) is 10.2. The van der Waals surface area contributed by atoms with E-state index in [0.29, 0.717) is 57.3 Å². The lowest BCUT2D eigenvalue weighted by Gasteiger charge is -2.65. The van der Waals surface area contributed by atoms with Gasteiger partial charge in [0.25, 0.3) is 5.91 Å². The lowest BCUT2D eigenvalue weighted by Crippen LogP contribution is -2.74. The number of aromatic nitrogens is 1. The number of pyridine rings is 1. The Morgan fingerprint density at radius 2 is 1.67 bits per heavy atom. The molecule has 0 spiro atoms. The minimum absolute atomic E-state index is 0.0222. The van der Waals surface area contributed by atoms with Crippen molar-refractivity contribution in [1.29, 1.82) is 5.26 Å². The molecule has 14 heteroatoms. The number of anilines is 1. The van der Waals surface area contributed by atoms with E-state index >= 15 is 0 Å². The molecule has 312 valence electrons. The Balaban J connectivity index is 0.752. The number of fused-ring (bicyclic) bond motifs is 2. The number of aliphatic hydroxyl groups is 2. The predicted octanol–water partition coefficient (Wildman–Crippen LogP) is 4.94. The molecule has 4 N–H and O–H groups in total. The van der Waals surface area contributed by atoms with Crippen molar-refractivity contribution in [3.63, 3.8) is 0 Å². The third kappa shape index (κ3) is 6.91. The number of nitrogens with one attached hydrogen (secondary N) is 2. The van der Waals surface area contributed by atoms with Crippen molar-refractivity contribution in [2.75, 3.05) is 18.0 Å². The van der Waals surface area contributed by atoms with Gasteiger partial charge in [-0.2, -0.15) is 5.26 Å². The lowest BCUT2D eigenvalue weighted by molar-refractivity contribution is -0.199. The van der Waals surface area contributed by atoms with Crippen LogP contribution in [0.1, 0.15) is 117 Å². The molecule has 1 aromatic heterocycles. The standard InChI is InChI=1S/C46H50ClN7O6/c1-45(2)43(46(3,4)44(45)60-31-10-6-26(23-48)35(47)22-31)53-24-36-33(40(53)57)11-8-27(50-36)7-5-25-19-29(20-25)49-28-15-17-52(18-16-28)30-9-12-32-34(21-30)42(59)54(41(32)58)37-13-14-38(55)51-39(37)56/h6,8-12,21-22,25,28-29,37,41-44,49,58-59H,13-20,24H2,1-4H3,(H,51,55,56). The van der Waals surface area contributed by atoms with Gasteiger partial charge in [0.1, 0.15) is 36.1 Å². The number of rotatable bonds is 7. The molecular formula is C46H50ClN7O6. The molecule has 2 saturated carbocycles. The number of amides is 3. The van der Waals surface area contributed by atoms with Gasteiger partial charge in [0.15, 0.2) is 0 Å². The van der Waals surface area contributed by atoms with Gasteiger partial charge in [-0.3, -0.25) is 19.7 Å². The minimum Gasteiger partial charge on any atom is -0.489 e. The van der Waals surface area contributed by atoms with Gasteiger partial charge in [-0.05, 0) is 74.4 Å². The number of carbonyl (C=O) groups is 3. The molecule has 2 saturated heterocycles. The van der Waals surface area contributed by atoms with Gasteiger partial charge in [0.2, 0.25) is 11.8 Å². The van der Waals surface area contributed by atoms with Crippen molar-refractivity contribution in [1.82, 2.24) is 25.4 Å². The zero-order valence-electron chi connectivity index (χ0n) is 34.2. The Labute approximate surface area is 355 Å². The molecule has 2 aromatic carbocycles. The van der Waals surface area contributed by atoms with E-state index in [2.05, 4.69) is 61.1 Å². The first-order chi connectivity index (χ1) is 28.6. The first-order valence-corrected chi connectivity index (χ1v) is 21.3. The SMILES string of the molecule is CC1(C)C(Oc2ccc(C#N)c(Cl)c2)C(C)(C)C1N1Cc2nc(C#CC3CC(NC4CCN(c5ccc6c(c5)C(O)N(C5CCC(=O)NC5=O)C6O)CC4)C3)ccc2C1=O. The molecule has 4 aliphatic heterocycles. The molecule has 2 aliphatic carbocycles. The Morgan fingerprint density at radius 1 is 0.933 bits per heavy atom. The van der Waals surface area contributed by atoms with Crippen LogP contribution in [0.3, 0.4) is 0 Å². The maximum Gasteiger partial charge on any atom is 0.256 e. The van der Waals surface area contributed by atoms with Crippen molar-refractivity contribution in [3.8, 4) is 23.7 Å². The summed E-state index contributed by atoms with van der Waals surface area (Å²) in [5.41, 5.74) is 3.87. The second-order valence-electron chi connectivity index (χ2n) is 18.5. The number of piperidine rings is 2. The Hall–Kier alpha value is -5.02. The second-order valence-corrected chi connectivity index (χ2v) is 18.9. The van der Waals surface area contributed by atoms with Crippen molar-refractivity contribution in [3.05, 3.63) is 87.2 Å².